The van der Waals surface area contributed by atoms with Crippen LogP contribution < -0.4 is 11.1 Å². The topological polar surface area (TPSA) is 187 Å². The Kier molecular flexibility index (Phi) is 8.23. The molecule has 45 heavy (non-hydrogen) atoms. The van der Waals surface area contributed by atoms with Crippen molar-refractivity contribution >= 4 is 34.9 Å². The van der Waals surface area contributed by atoms with Gasteiger partial charge >= 0.3 is 0 Å². The van der Waals surface area contributed by atoms with Crippen molar-refractivity contribution in [2.75, 3.05) is 41.3 Å². The number of primary amides is 1. The number of carbonyl (C=O) groups is 6. The Balaban J connectivity index is 1.58. The molecule has 0 heterocycles. The number of nitrogens with two attached hydrogens (primary N) is 1. The number of aliphatic hydroxyl groups is 1. The van der Waals surface area contributed by atoms with Gasteiger partial charge in [-0.25, -0.2) is 4.39 Å². The SMILES string of the molecule is CN(C)CCNC(=O)c1cc(-c2ccc(O)c3c2CC2CC4C(N(C)C)C(=O)C(C(N)=O)C(=O)C4(O)C(=O)C2C3=O)ccc1F. The summed E-state index contributed by atoms with van der Waals surface area (Å²) < 4.78 is 14.8. The second-order valence-corrected chi connectivity index (χ2v) is 12.5. The van der Waals surface area contributed by atoms with E-state index in [1.54, 1.807) is 0 Å². The summed E-state index contributed by atoms with van der Waals surface area (Å²) in [4.78, 5) is 82.9. The van der Waals surface area contributed by atoms with Gasteiger partial charge in [0.15, 0.2) is 34.7 Å². The third kappa shape index (κ3) is 5.04. The van der Waals surface area contributed by atoms with E-state index in [1.807, 2.05) is 19.0 Å². The van der Waals surface area contributed by atoms with Crippen LogP contribution in [0.2, 0.25) is 0 Å². The Morgan fingerprint density at radius 3 is 2.38 bits per heavy atom. The van der Waals surface area contributed by atoms with Gasteiger partial charge in [0.25, 0.3) is 5.91 Å². The van der Waals surface area contributed by atoms with Gasteiger partial charge in [0.05, 0.1) is 23.1 Å². The van der Waals surface area contributed by atoms with Crippen LogP contribution in [0.5, 0.6) is 5.75 Å². The van der Waals surface area contributed by atoms with E-state index in [0.717, 1.165) is 6.07 Å². The fraction of sp³-hybridized carbons (Fsp3) is 0.438. The number of amides is 2. The lowest BCUT2D eigenvalue weighted by Crippen LogP contribution is -2.74. The fourth-order valence-electron chi connectivity index (χ4n) is 7.23. The highest BCUT2D eigenvalue weighted by molar-refractivity contribution is 6.32. The molecular weight excluding hydrogens is 587 g/mol. The molecule has 0 bridgehead atoms. The molecule has 0 aromatic heterocycles. The molecule has 5 N–H and O–H groups in total. The minimum Gasteiger partial charge on any atom is -0.507 e. The number of phenolic OH excluding ortho intramolecular Hbond substituents is 1. The third-order valence-corrected chi connectivity index (χ3v) is 9.31. The molecule has 238 valence electrons. The van der Waals surface area contributed by atoms with Crippen LogP contribution in [-0.4, -0.2) is 108 Å². The maximum Gasteiger partial charge on any atom is 0.254 e. The van der Waals surface area contributed by atoms with Crippen LogP contribution in [0, 0.1) is 29.5 Å². The van der Waals surface area contributed by atoms with E-state index in [-0.39, 0.29) is 30.5 Å². The molecule has 2 aromatic rings. The van der Waals surface area contributed by atoms with Crippen LogP contribution >= 0.6 is 0 Å². The van der Waals surface area contributed by atoms with Crippen LogP contribution in [0.15, 0.2) is 30.3 Å². The second kappa shape index (κ2) is 11.5. The third-order valence-electron chi connectivity index (χ3n) is 9.31. The number of rotatable bonds is 7. The zero-order valence-electron chi connectivity index (χ0n) is 25.3. The van der Waals surface area contributed by atoms with Crippen molar-refractivity contribution in [2.45, 2.75) is 24.5 Å². The highest BCUT2D eigenvalue weighted by Crippen LogP contribution is 2.51. The molecule has 2 aromatic carbocycles. The van der Waals surface area contributed by atoms with Gasteiger partial charge in [0.2, 0.25) is 5.91 Å². The first kappa shape index (κ1) is 32.1. The number of nitrogens with zero attached hydrogens (tertiary/aromatic N) is 2. The second-order valence-electron chi connectivity index (χ2n) is 12.5. The van der Waals surface area contributed by atoms with Gasteiger partial charge in [0.1, 0.15) is 11.6 Å². The summed E-state index contributed by atoms with van der Waals surface area (Å²) in [6.07, 6.45) is -0.0841. The largest absolute Gasteiger partial charge is 0.507 e. The van der Waals surface area contributed by atoms with Gasteiger partial charge in [0, 0.05) is 19.0 Å². The minimum absolute atomic E-state index is 0.0251. The summed E-state index contributed by atoms with van der Waals surface area (Å²) in [6.45, 7) is 0.815. The number of likely N-dealkylation sites (N-methyl/N-ethyl adjacent to an activating group) is 2. The predicted molar refractivity (Wildman–Crippen MR) is 158 cm³/mol. The van der Waals surface area contributed by atoms with Gasteiger partial charge in [-0.1, -0.05) is 12.1 Å². The van der Waals surface area contributed by atoms with Crippen molar-refractivity contribution in [2.24, 2.45) is 29.4 Å². The summed E-state index contributed by atoms with van der Waals surface area (Å²) in [5.41, 5.74) is 3.26. The Bertz CT molecular complexity index is 1660. The number of phenols is 1. The first-order chi connectivity index (χ1) is 21.1. The maximum atomic E-state index is 14.8. The molecular formula is C32H35FN4O8. The zero-order valence-corrected chi connectivity index (χ0v) is 25.3. The monoisotopic (exact) mass is 622 g/mol. The zero-order chi connectivity index (χ0) is 33.1. The average Bonchev–Trinajstić information content (AvgIpc) is 2.95. The molecule has 6 atom stereocenters. The van der Waals surface area contributed by atoms with E-state index in [4.69, 9.17) is 5.73 Å². The van der Waals surface area contributed by atoms with Crippen LogP contribution in [0.3, 0.4) is 0 Å². The van der Waals surface area contributed by atoms with E-state index in [9.17, 15) is 43.4 Å². The summed E-state index contributed by atoms with van der Waals surface area (Å²) in [5.74, 6) is -12.9. The summed E-state index contributed by atoms with van der Waals surface area (Å²) in [6, 6.07) is 5.46. The van der Waals surface area contributed by atoms with Crippen LogP contribution in [0.4, 0.5) is 4.39 Å². The van der Waals surface area contributed by atoms with Crippen molar-refractivity contribution in [1.29, 1.82) is 0 Å². The highest BCUT2D eigenvalue weighted by atomic mass is 19.1. The number of nitrogens with one attached hydrogen (secondary N) is 1. The maximum absolute atomic E-state index is 14.8. The van der Waals surface area contributed by atoms with Gasteiger partial charge in [-0.05, 0) is 81.8 Å². The number of aromatic hydroxyl groups is 1. The number of carbonyl (C=O) groups excluding carboxylic acids is 6. The van der Waals surface area contributed by atoms with Gasteiger partial charge in [-0.15, -0.1) is 0 Å². The van der Waals surface area contributed by atoms with Crippen LogP contribution in [0.25, 0.3) is 11.1 Å². The first-order valence-electron chi connectivity index (χ1n) is 14.5. The van der Waals surface area contributed by atoms with Crippen molar-refractivity contribution in [3.8, 4) is 16.9 Å². The van der Waals surface area contributed by atoms with Crippen LogP contribution in [0.1, 0.15) is 32.7 Å². The summed E-state index contributed by atoms with van der Waals surface area (Å²) in [7, 11) is 6.67. The van der Waals surface area contributed by atoms with Crippen molar-refractivity contribution < 1.29 is 43.4 Å². The van der Waals surface area contributed by atoms with Crippen molar-refractivity contribution in [1.82, 2.24) is 15.1 Å². The summed E-state index contributed by atoms with van der Waals surface area (Å²) in [5, 5.41) is 25.2. The molecule has 13 heteroatoms. The van der Waals surface area contributed by atoms with E-state index in [0.29, 0.717) is 23.2 Å². The Morgan fingerprint density at radius 1 is 1.07 bits per heavy atom. The lowest BCUT2D eigenvalue weighted by molar-refractivity contribution is -0.181. The number of Topliss-reactive ketones (excluding diaryl/α,β-unsaturated/α-hetero) is 4. The normalized spacial score (nSPS) is 27.7. The Hall–Kier alpha value is -4.33. The molecule has 0 saturated heterocycles. The van der Waals surface area contributed by atoms with Gasteiger partial charge in [-0.3, -0.25) is 33.7 Å². The molecule has 0 radical (unpaired) electrons. The van der Waals surface area contributed by atoms with Gasteiger partial charge in [-0.2, -0.15) is 0 Å². The molecule has 2 saturated carbocycles. The minimum atomic E-state index is -2.82. The number of ketones is 4. The Morgan fingerprint density at radius 2 is 1.76 bits per heavy atom. The van der Waals surface area contributed by atoms with Crippen molar-refractivity contribution in [3.05, 3.63) is 52.8 Å². The Labute approximate surface area is 258 Å². The molecule has 3 aliphatic rings. The van der Waals surface area contributed by atoms with E-state index in [1.165, 1.54) is 43.3 Å². The number of hydrogen-bond acceptors (Lipinski definition) is 10. The van der Waals surface area contributed by atoms with Crippen LogP contribution in [-0.2, 0) is 25.6 Å². The van der Waals surface area contributed by atoms with E-state index >= 15 is 0 Å². The number of halogens is 1. The molecule has 0 spiro atoms. The molecule has 6 unspecified atom stereocenters. The number of hydrogen-bond donors (Lipinski definition) is 4. The lowest BCUT2D eigenvalue weighted by Gasteiger charge is -2.52. The van der Waals surface area contributed by atoms with E-state index in [2.05, 4.69) is 5.32 Å². The summed E-state index contributed by atoms with van der Waals surface area (Å²) >= 11 is 0. The molecule has 0 aliphatic heterocycles. The molecule has 2 fully saturated rings. The molecule has 5 rings (SSSR count). The standard InChI is InChI=1S/C32H35FN4O8/c1-36(2)10-9-35-31(44)18-11-14(5-7-20(18)33)16-6-8-21(38)23-17(16)12-15-13-19-25(37(3)4)27(40)24(30(34)43)29(42)32(19,45)28(41)22(15)26(23)39/h5-8,11,15,19,22,24-25,38,45H,9-10,12-13H2,1-4H3,(H2,34,43)(H,35,44). The number of benzene rings is 2. The van der Waals surface area contributed by atoms with E-state index < -0.39 is 81.8 Å². The molecule has 2 amide bonds. The first-order valence-corrected chi connectivity index (χ1v) is 14.5. The molecule has 12 nitrogen and oxygen atoms in total. The average molecular weight is 623 g/mol. The smallest absolute Gasteiger partial charge is 0.254 e. The lowest BCUT2D eigenvalue weighted by atomic mass is 9.52. The number of fused-ring (bicyclic) bond motifs is 3. The fourth-order valence-corrected chi connectivity index (χ4v) is 7.23. The quantitative estimate of drug-likeness (QED) is 0.305. The highest BCUT2D eigenvalue weighted by Gasteiger charge is 2.69. The van der Waals surface area contributed by atoms with Crippen molar-refractivity contribution in [3.63, 3.8) is 0 Å². The predicted octanol–water partition coefficient (Wildman–Crippen LogP) is -0.0355. The van der Waals surface area contributed by atoms with Gasteiger partial charge < -0.3 is 26.2 Å². The molecule has 3 aliphatic carbocycles.